The van der Waals surface area contributed by atoms with Crippen LogP contribution in [-0.4, -0.2) is 24.0 Å². The summed E-state index contributed by atoms with van der Waals surface area (Å²) in [4.78, 5) is 2.68. The molecule has 1 nitrogen and oxygen atoms in total. The first-order valence-corrected chi connectivity index (χ1v) is 5.48. The molecule has 12 heavy (non-hydrogen) atoms. The Labute approximate surface area is 77.1 Å². The molecule has 0 saturated heterocycles. The van der Waals surface area contributed by atoms with E-state index in [2.05, 4.69) is 25.7 Å². The van der Waals surface area contributed by atoms with Gasteiger partial charge in [-0.2, -0.15) is 0 Å². The Hall–Kier alpha value is -0.0400. The van der Waals surface area contributed by atoms with Gasteiger partial charge in [-0.1, -0.05) is 20.8 Å². The van der Waals surface area contributed by atoms with E-state index in [1.54, 1.807) is 0 Å². The van der Waals surface area contributed by atoms with Crippen LogP contribution in [0.5, 0.6) is 0 Å². The summed E-state index contributed by atoms with van der Waals surface area (Å²) >= 11 is 0. The zero-order valence-corrected chi connectivity index (χ0v) is 8.84. The van der Waals surface area contributed by atoms with Crippen LogP contribution in [0.15, 0.2) is 0 Å². The van der Waals surface area contributed by atoms with Gasteiger partial charge in [0, 0.05) is 6.04 Å². The minimum Gasteiger partial charge on any atom is -0.300 e. The highest BCUT2D eigenvalue weighted by Gasteiger charge is 2.27. The summed E-state index contributed by atoms with van der Waals surface area (Å²) in [5.41, 5.74) is 0. The molecule has 0 spiro atoms. The average Bonchev–Trinajstić information content (AvgIpc) is 2.79. The van der Waals surface area contributed by atoms with Crippen LogP contribution in [-0.2, 0) is 0 Å². The van der Waals surface area contributed by atoms with Gasteiger partial charge in [-0.15, -0.1) is 0 Å². The molecule has 0 aromatic carbocycles. The lowest BCUT2D eigenvalue weighted by atomic mass is 10.1. The van der Waals surface area contributed by atoms with Crippen molar-refractivity contribution in [3.63, 3.8) is 0 Å². The van der Waals surface area contributed by atoms with Crippen molar-refractivity contribution in [2.24, 2.45) is 5.92 Å². The van der Waals surface area contributed by atoms with Gasteiger partial charge >= 0.3 is 0 Å². The zero-order chi connectivity index (χ0) is 8.97. The molecule has 0 aromatic heterocycles. The van der Waals surface area contributed by atoms with Crippen LogP contribution in [0.4, 0.5) is 0 Å². The molecular weight excluding hydrogens is 146 g/mol. The van der Waals surface area contributed by atoms with Crippen LogP contribution in [0, 0.1) is 5.92 Å². The van der Waals surface area contributed by atoms with Gasteiger partial charge in [-0.3, -0.25) is 0 Å². The van der Waals surface area contributed by atoms with Gasteiger partial charge in [-0.25, -0.2) is 0 Å². The summed E-state index contributed by atoms with van der Waals surface area (Å²) in [6, 6.07) is 0.962. The third kappa shape index (κ3) is 3.57. The van der Waals surface area contributed by atoms with Gasteiger partial charge in [0.2, 0.25) is 0 Å². The molecule has 1 aliphatic carbocycles. The summed E-state index contributed by atoms with van der Waals surface area (Å²) in [6.07, 6.45) is 5.60. The summed E-state index contributed by atoms with van der Waals surface area (Å²) in [6.45, 7) is 9.56. The van der Waals surface area contributed by atoms with E-state index in [0.717, 1.165) is 12.0 Å². The molecule has 0 N–H and O–H groups in total. The van der Waals surface area contributed by atoms with Crippen LogP contribution in [0.25, 0.3) is 0 Å². The molecule has 1 rings (SSSR count). The van der Waals surface area contributed by atoms with Crippen LogP contribution in [0.3, 0.4) is 0 Å². The maximum absolute atomic E-state index is 2.68. The number of hydrogen-bond acceptors (Lipinski definition) is 1. The second-order valence-corrected chi connectivity index (χ2v) is 4.45. The number of nitrogens with zero attached hydrogens (tertiary/aromatic N) is 1. The largest absolute Gasteiger partial charge is 0.300 e. The smallest absolute Gasteiger partial charge is 0.00964 e. The van der Waals surface area contributed by atoms with Crippen molar-refractivity contribution in [2.75, 3.05) is 13.1 Å². The Bertz CT molecular complexity index is 116. The van der Waals surface area contributed by atoms with Gasteiger partial charge in [0.15, 0.2) is 0 Å². The average molecular weight is 169 g/mol. The molecule has 0 bridgehead atoms. The summed E-state index contributed by atoms with van der Waals surface area (Å²) in [7, 11) is 0. The lowest BCUT2D eigenvalue weighted by Gasteiger charge is -2.21. The maximum atomic E-state index is 2.68. The van der Waals surface area contributed by atoms with Gasteiger partial charge < -0.3 is 4.90 Å². The van der Waals surface area contributed by atoms with Crippen LogP contribution in [0.2, 0.25) is 0 Å². The van der Waals surface area contributed by atoms with E-state index in [1.807, 2.05) is 0 Å². The lowest BCUT2D eigenvalue weighted by molar-refractivity contribution is 0.248. The van der Waals surface area contributed by atoms with E-state index in [9.17, 15) is 0 Å². The first-order chi connectivity index (χ1) is 5.74. The highest BCUT2D eigenvalue weighted by Crippen LogP contribution is 2.27. The normalized spacial score (nSPS) is 17.8. The van der Waals surface area contributed by atoms with E-state index in [-0.39, 0.29) is 0 Å². The zero-order valence-electron chi connectivity index (χ0n) is 8.84. The van der Waals surface area contributed by atoms with Crippen molar-refractivity contribution >= 4 is 0 Å². The molecule has 1 fully saturated rings. The third-order valence-electron chi connectivity index (χ3n) is 2.57. The van der Waals surface area contributed by atoms with Crippen LogP contribution < -0.4 is 0 Å². The third-order valence-corrected chi connectivity index (χ3v) is 2.57. The number of hydrogen-bond donors (Lipinski definition) is 0. The molecule has 72 valence electrons. The molecule has 0 amide bonds. The molecule has 0 radical (unpaired) electrons. The standard InChI is InChI=1S/C11H23N/c1-4-8-12(11-5-6-11)9-7-10(2)3/h10-11H,4-9H2,1-3H3. The fourth-order valence-electron chi connectivity index (χ4n) is 1.63. The minimum absolute atomic E-state index is 0.864. The molecule has 1 heteroatoms. The molecule has 0 atom stereocenters. The molecule has 1 saturated carbocycles. The second-order valence-electron chi connectivity index (χ2n) is 4.45. The number of rotatable bonds is 6. The first-order valence-electron chi connectivity index (χ1n) is 5.48. The van der Waals surface area contributed by atoms with Gasteiger partial charge in [-0.05, 0) is 44.7 Å². The Morgan fingerprint density at radius 3 is 2.33 bits per heavy atom. The first kappa shape index (κ1) is 10.0. The summed E-state index contributed by atoms with van der Waals surface area (Å²) in [5, 5.41) is 0. The van der Waals surface area contributed by atoms with E-state index >= 15 is 0 Å². The minimum atomic E-state index is 0.864. The van der Waals surface area contributed by atoms with E-state index in [4.69, 9.17) is 0 Å². The van der Waals surface area contributed by atoms with Crippen molar-refractivity contribution in [3.8, 4) is 0 Å². The van der Waals surface area contributed by atoms with Gasteiger partial charge in [0.05, 0.1) is 0 Å². The molecule has 0 aliphatic heterocycles. The van der Waals surface area contributed by atoms with E-state index in [1.165, 1.54) is 38.8 Å². The van der Waals surface area contributed by atoms with Crippen molar-refractivity contribution < 1.29 is 0 Å². The summed E-state index contributed by atoms with van der Waals surface area (Å²) < 4.78 is 0. The van der Waals surface area contributed by atoms with Crippen molar-refractivity contribution in [1.82, 2.24) is 4.90 Å². The van der Waals surface area contributed by atoms with Crippen molar-refractivity contribution in [3.05, 3.63) is 0 Å². The van der Waals surface area contributed by atoms with Crippen LogP contribution >= 0.6 is 0 Å². The Morgan fingerprint density at radius 1 is 1.25 bits per heavy atom. The second kappa shape index (κ2) is 4.86. The predicted octanol–water partition coefficient (Wildman–Crippen LogP) is 2.91. The Morgan fingerprint density at radius 2 is 1.92 bits per heavy atom. The topological polar surface area (TPSA) is 3.24 Å². The van der Waals surface area contributed by atoms with Crippen molar-refractivity contribution in [1.29, 1.82) is 0 Å². The quantitative estimate of drug-likeness (QED) is 0.591. The van der Waals surface area contributed by atoms with Crippen molar-refractivity contribution in [2.45, 2.75) is 52.5 Å². The highest BCUT2D eigenvalue weighted by molar-refractivity contribution is 4.84. The molecule has 0 heterocycles. The fraction of sp³-hybridized carbons (Fsp3) is 1.00. The SMILES string of the molecule is CCCN(CCC(C)C)C1CC1. The Balaban J connectivity index is 2.13. The monoisotopic (exact) mass is 169 g/mol. The van der Waals surface area contributed by atoms with Gasteiger partial charge in [0.25, 0.3) is 0 Å². The summed E-state index contributed by atoms with van der Waals surface area (Å²) in [5.74, 6) is 0.864. The Kier molecular flexibility index (Phi) is 4.07. The lowest BCUT2D eigenvalue weighted by Crippen LogP contribution is -2.28. The highest BCUT2D eigenvalue weighted by atomic mass is 15.2. The predicted molar refractivity (Wildman–Crippen MR) is 54.3 cm³/mol. The fourth-order valence-corrected chi connectivity index (χ4v) is 1.63. The van der Waals surface area contributed by atoms with E-state index in [0.29, 0.717) is 0 Å². The van der Waals surface area contributed by atoms with Gasteiger partial charge in [0.1, 0.15) is 0 Å². The molecule has 1 aliphatic rings. The van der Waals surface area contributed by atoms with Crippen LogP contribution in [0.1, 0.15) is 46.5 Å². The molecular formula is C11H23N. The molecule has 0 unspecified atom stereocenters. The molecule has 0 aromatic rings. The maximum Gasteiger partial charge on any atom is 0.00964 e. The van der Waals surface area contributed by atoms with E-state index < -0.39 is 0 Å².